The van der Waals surface area contributed by atoms with E-state index in [2.05, 4.69) is 10.2 Å². The molecule has 0 aliphatic heterocycles. The first kappa shape index (κ1) is 16.8. The molecule has 0 radical (unpaired) electrons. The second-order valence-corrected chi connectivity index (χ2v) is 6.23. The Morgan fingerprint density at radius 2 is 2.00 bits per heavy atom. The lowest BCUT2D eigenvalue weighted by molar-refractivity contribution is -0.385. The molecule has 3 rings (SSSR count). The molecule has 0 saturated heterocycles. The van der Waals surface area contributed by atoms with Gasteiger partial charge in [-0.05, 0) is 19.1 Å². The van der Waals surface area contributed by atoms with Crippen molar-refractivity contribution >= 4 is 23.2 Å². The summed E-state index contributed by atoms with van der Waals surface area (Å²) < 4.78 is 1.79. The molecule has 3 aromatic rings. The van der Waals surface area contributed by atoms with Crippen LogP contribution >= 0.6 is 11.8 Å². The fraction of sp³-hybridized carbons (Fsp3) is 0.118. The number of hydrogen-bond donors (Lipinski definition) is 0. The van der Waals surface area contributed by atoms with Gasteiger partial charge in [-0.1, -0.05) is 42.1 Å². The third-order valence-electron chi connectivity index (χ3n) is 3.61. The number of aromatic nitrogens is 3. The number of para-hydroxylation sites is 1. The normalized spacial score (nSPS) is 10.6. The summed E-state index contributed by atoms with van der Waals surface area (Å²) in [6, 6.07) is 14.1. The molecule has 8 heteroatoms. The highest BCUT2D eigenvalue weighted by Gasteiger charge is 2.16. The van der Waals surface area contributed by atoms with Crippen LogP contribution < -0.4 is 0 Å². The van der Waals surface area contributed by atoms with E-state index >= 15 is 0 Å². The third-order valence-corrected chi connectivity index (χ3v) is 4.55. The summed E-state index contributed by atoms with van der Waals surface area (Å²) in [5.41, 5.74) is 1.69. The van der Waals surface area contributed by atoms with E-state index in [1.807, 2.05) is 30.3 Å². The number of carbonyl (C=O) groups excluding carboxylic acids is 1. The number of benzene rings is 2. The molecule has 0 spiro atoms. The lowest BCUT2D eigenvalue weighted by Gasteiger charge is -2.06. The van der Waals surface area contributed by atoms with E-state index in [1.54, 1.807) is 30.0 Å². The molecule has 0 aliphatic carbocycles. The molecule has 25 heavy (non-hydrogen) atoms. The van der Waals surface area contributed by atoms with E-state index in [0.717, 1.165) is 5.69 Å². The average molecular weight is 354 g/mol. The van der Waals surface area contributed by atoms with Crippen molar-refractivity contribution in [2.24, 2.45) is 0 Å². The van der Waals surface area contributed by atoms with Crippen LogP contribution in [0.2, 0.25) is 0 Å². The van der Waals surface area contributed by atoms with Crippen LogP contribution in [0.4, 0.5) is 5.69 Å². The van der Waals surface area contributed by atoms with Crippen LogP contribution in [0.5, 0.6) is 0 Å². The SMILES string of the molecule is Cc1ccc(C(=O)CSc2nncn2-c2ccccc2)cc1[N+](=O)[O-]. The maximum atomic E-state index is 12.4. The van der Waals surface area contributed by atoms with E-state index in [4.69, 9.17) is 0 Å². The van der Waals surface area contributed by atoms with Crippen molar-refractivity contribution in [3.05, 3.63) is 76.1 Å². The quantitative estimate of drug-likeness (QED) is 0.291. The summed E-state index contributed by atoms with van der Waals surface area (Å²) in [6.45, 7) is 1.64. The second-order valence-electron chi connectivity index (χ2n) is 5.29. The minimum atomic E-state index is -0.481. The highest BCUT2D eigenvalue weighted by atomic mass is 32.2. The standard InChI is InChI=1S/C17H14N4O3S/c1-12-7-8-13(9-15(12)21(23)24)16(22)10-25-17-19-18-11-20(17)14-5-3-2-4-6-14/h2-9,11H,10H2,1H3. The highest BCUT2D eigenvalue weighted by molar-refractivity contribution is 7.99. The lowest BCUT2D eigenvalue weighted by Crippen LogP contribution is -2.05. The number of Topliss-reactive ketones (excluding diaryl/α,β-unsaturated/α-hetero) is 1. The van der Waals surface area contributed by atoms with Crippen molar-refractivity contribution in [2.45, 2.75) is 12.1 Å². The van der Waals surface area contributed by atoms with Crippen molar-refractivity contribution in [2.75, 3.05) is 5.75 Å². The number of nitro groups is 1. The number of ketones is 1. The zero-order chi connectivity index (χ0) is 17.8. The van der Waals surface area contributed by atoms with Gasteiger partial charge in [-0.3, -0.25) is 19.5 Å². The molecule has 2 aromatic carbocycles. The largest absolute Gasteiger partial charge is 0.293 e. The van der Waals surface area contributed by atoms with Gasteiger partial charge in [0.2, 0.25) is 0 Å². The molecule has 0 fully saturated rings. The fourth-order valence-electron chi connectivity index (χ4n) is 2.28. The Hall–Kier alpha value is -3.00. The predicted molar refractivity (Wildman–Crippen MR) is 94.2 cm³/mol. The fourth-order valence-corrected chi connectivity index (χ4v) is 3.10. The smallest absolute Gasteiger partial charge is 0.273 e. The van der Waals surface area contributed by atoms with E-state index in [0.29, 0.717) is 16.3 Å². The van der Waals surface area contributed by atoms with Crippen LogP contribution in [0.25, 0.3) is 5.69 Å². The van der Waals surface area contributed by atoms with Crippen molar-refractivity contribution < 1.29 is 9.72 Å². The van der Waals surface area contributed by atoms with E-state index < -0.39 is 4.92 Å². The van der Waals surface area contributed by atoms with Gasteiger partial charge in [0, 0.05) is 22.9 Å². The molecule has 7 nitrogen and oxygen atoms in total. The van der Waals surface area contributed by atoms with Crippen molar-refractivity contribution in [1.29, 1.82) is 0 Å². The van der Waals surface area contributed by atoms with E-state index in [9.17, 15) is 14.9 Å². The number of carbonyl (C=O) groups is 1. The van der Waals surface area contributed by atoms with Crippen molar-refractivity contribution in [3.63, 3.8) is 0 Å². The molecule has 0 amide bonds. The summed E-state index contributed by atoms with van der Waals surface area (Å²) >= 11 is 1.24. The Balaban J connectivity index is 1.75. The number of aryl methyl sites for hydroxylation is 1. The Labute approximate surface area is 147 Å². The van der Waals surface area contributed by atoms with Gasteiger partial charge in [-0.15, -0.1) is 10.2 Å². The first-order valence-corrected chi connectivity index (χ1v) is 8.41. The van der Waals surface area contributed by atoms with Gasteiger partial charge in [0.05, 0.1) is 10.7 Å². The van der Waals surface area contributed by atoms with Crippen LogP contribution in [-0.4, -0.2) is 31.2 Å². The molecular weight excluding hydrogens is 340 g/mol. The third kappa shape index (κ3) is 3.74. The second kappa shape index (κ2) is 7.27. The number of hydrogen-bond acceptors (Lipinski definition) is 6. The van der Waals surface area contributed by atoms with Gasteiger partial charge in [-0.25, -0.2) is 0 Å². The molecule has 0 aliphatic rings. The molecule has 126 valence electrons. The number of nitrogens with zero attached hydrogens (tertiary/aromatic N) is 4. The summed E-state index contributed by atoms with van der Waals surface area (Å²) in [7, 11) is 0. The van der Waals surface area contributed by atoms with Gasteiger partial charge < -0.3 is 0 Å². The first-order chi connectivity index (χ1) is 12.1. The maximum absolute atomic E-state index is 12.4. The average Bonchev–Trinajstić information content (AvgIpc) is 3.09. The molecule has 0 atom stereocenters. The molecule has 0 unspecified atom stereocenters. The summed E-state index contributed by atoms with van der Waals surface area (Å²) in [5, 5.41) is 19.5. The maximum Gasteiger partial charge on any atom is 0.273 e. The Kier molecular flexibility index (Phi) is 4.90. The van der Waals surface area contributed by atoms with Gasteiger partial charge in [0.15, 0.2) is 10.9 Å². The number of nitro benzene ring substituents is 1. The van der Waals surface area contributed by atoms with Gasteiger partial charge in [-0.2, -0.15) is 0 Å². The molecule has 1 aromatic heterocycles. The van der Waals surface area contributed by atoms with Crippen LogP contribution in [-0.2, 0) is 0 Å². The van der Waals surface area contributed by atoms with Crippen LogP contribution in [0, 0.1) is 17.0 Å². The minimum absolute atomic E-state index is 0.0525. The zero-order valence-electron chi connectivity index (χ0n) is 13.3. The molecule has 0 saturated carbocycles. The monoisotopic (exact) mass is 354 g/mol. The van der Waals surface area contributed by atoms with E-state index in [-0.39, 0.29) is 17.2 Å². The minimum Gasteiger partial charge on any atom is -0.293 e. The van der Waals surface area contributed by atoms with Crippen molar-refractivity contribution in [3.8, 4) is 5.69 Å². The zero-order valence-corrected chi connectivity index (χ0v) is 14.1. The molecule has 1 heterocycles. The van der Waals surface area contributed by atoms with Crippen LogP contribution in [0.15, 0.2) is 60.0 Å². The predicted octanol–water partition coefficient (Wildman–Crippen LogP) is 3.46. The number of rotatable bonds is 6. The topological polar surface area (TPSA) is 90.9 Å². The Morgan fingerprint density at radius 1 is 1.24 bits per heavy atom. The van der Waals surface area contributed by atoms with Gasteiger partial charge in [0.25, 0.3) is 5.69 Å². The molecule has 0 N–H and O–H groups in total. The Bertz CT molecular complexity index is 925. The Morgan fingerprint density at radius 3 is 2.72 bits per heavy atom. The van der Waals surface area contributed by atoms with Crippen molar-refractivity contribution in [1.82, 2.24) is 14.8 Å². The lowest BCUT2D eigenvalue weighted by atomic mass is 10.1. The molecular formula is C17H14N4O3S. The van der Waals surface area contributed by atoms with Crippen LogP contribution in [0.1, 0.15) is 15.9 Å². The summed E-state index contributed by atoms with van der Waals surface area (Å²) in [4.78, 5) is 22.9. The molecule has 0 bridgehead atoms. The summed E-state index contributed by atoms with van der Waals surface area (Å²) in [6.07, 6.45) is 1.58. The van der Waals surface area contributed by atoms with E-state index in [1.165, 1.54) is 17.8 Å². The summed E-state index contributed by atoms with van der Waals surface area (Å²) in [5.74, 6) is -0.0816. The van der Waals surface area contributed by atoms with Crippen LogP contribution in [0.3, 0.4) is 0 Å². The van der Waals surface area contributed by atoms with Gasteiger partial charge in [0.1, 0.15) is 6.33 Å². The first-order valence-electron chi connectivity index (χ1n) is 7.43. The highest BCUT2D eigenvalue weighted by Crippen LogP contribution is 2.23. The van der Waals surface area contributed by atoms with Gasteiger partial charge >= 0.3 is 0 Å². The number of thioether (sulfide) groups is 1.